The number of rotatable bonds is 2. The Morgan fingerprint density at radius 2 is 1.44 bits per heavy atom. The number of hydrogen-bond acceptors (Lipinski definition) is 5. The minimum Gasteiger partial charge on any atom is 1.00 e. The van der Waals surface area contributed by atoms with Crippen LogP contribution in [0.2, 0.25) is 0 Å². The second-order valence-corrected chi connectivity index (χ2v) is 7.06. The fourth-order valence-corrected chi connectivity index (χ4v) is 2.36. The second kappa shape index (κ2) is 7.11. The Bertz CT molecular complexity index is 478. The molecule has 1 N–H and O–H groups in total. The summed E-state index contributed by atoms with van der Waals surface area (Å²) in [6.07, 6.45) is 0. The van der Waals surface area contributed by atoms with Crippen LogP contribution in [-0.4, -0.2) is 27.1 Å². The van der Waals surface area contributed by atoms with Gasteiger partial charge in [0.15, 0.2) is 0 Å². The first-order valence-electron chi connectivity index (χ1n) is 3.31. The van der Waals surface area contributed by atoms with Crippen molar-refractivity contribution in [2.24, 2.45) is 0 Å². The van der Waals surface area contributed by atoms with Gasteiger partial charge in [-0.25, -0.2) is 0 Å². The molecule has 0 heterocycles. The van der Waals surface area contributed by atoms with Crippen molar-refractivity contribution in [3.05, 3.63) is 24.3 Å². The zero-order chi connectivity index (χ0) is 11.0. The summed E-state index contributed by atoms with van der Waals surface area (Å²) in [6.45, 7) is 0. The second-order valence-electron chi connectivity index (χ2n) is 2.47. The minimum absolute atomic E-state index is 0. The van der Waals surface area contributed by atoms with Gasteiger partial charge in [0.25, 0.3) is 0 Å². The van der Waals surface area contributed by atoms with E-state index in [-0.39, 0.29) is 59.1 Å². The molecule has 0 unspecified atom stereocenters. The molecule has 0 amide bonds. The Morgan fingerprint density at radius 3 is 1.69 bits per heavy atom. The molecule has 0 aromatic heterocycles. The van der Waals surface area contributed by atoms with E-state index in [2.05, 4.69) is 0 Å². The standard InChI is InChI=1S/C6H7AsO6S.2Na/c8-7(9,10)5-1-3-6(4-2-5)14(11,12)13;;/h1-4H,(H2,8,9,10)(H,11,12,13);;/q;2*+1/p-2. The molecule has 1 aromatic rings. The minimum atomic E-state index is -5.47. The van der Waals surface area contributed by atoms with E-state index in [1.54, 1.807) is 0 Å². The van der Waals surface area contributed by atoms with Crippen molar-refractivity contribution in [3.8, 4) is 0 Å². The van der Waals surface area contributed by atoms with Gasteiger partial charge < -0.3 is 0 Å². The van der Waals surface area contributed by atoms with Crippen LogP contribution in [0.3, 0.4) is 0 Å². The summed E-state index contributed by atoms with van der Waals surface area (Å²) in [4.78, 5) is -0.454. The SMILES string of the molecule is O=S(=O)(O)c1ccc([As](=O)([O-])[O-])cc1.[Na+].[Na+]. The Morgan fingerprint density at radius 1 is 1.06 bits per heavy atom. The van der Waals surface area contributed by atoms with Gasteiger partial charge in [-0.2, -0.15) is 0 Å². The first-order chi connectivity index (χ1) is 6.21. The summed E-state index contributed by atoms with van der Waals surface area (Å²) in [6, 6.07) is 3.41. The van der Waals surface area contributed by atoms with Crippen LogP contribution in [0.4, 0.5) is 0 Å². The molecule has 0 bridgehead atoms. The van der Waals surface area contributed by atoms with E-state index in [1.165, 1.54) is 0 Å². The Kier molecular flexibility index (Phi) is 8.77. The Hall–Kier alpha value is 1.41. The topological polar surface area (TPSA) is 118 Å². The summed E-state index contributed by atoms with van der Waals surface area (Å²) in [7, 11) is -4.35. The smallest absolute Gasteiger partial charge is 1.00 e. The van der Waals surface area contributed by atoms with Crippen molar-refractivity contribution in [2.45, 2.75) is 4.90 Å². The molecular weight excluding hydrogens is 321 g/mol. The molecule has 6 nitrogen and oxygen atoms in total. The third-order valence-corrected chi connectivity index (χ3v) is 4.27. The Labute approximate surface area is 140 Å². The first kappa shape index (κ1) is 19.7. The molecular formula is C6H5AsNa2O6S. The van der Waals surface area contributed by atoms with E-state index in [9.17, 15) is 20.3 Å². The molecule has 0 aliphatic heterocycles. The molecule has 0 saturated carbocycles. The van der Waals surface area contributed by atoms with Crippen LogP contribution in [0.15, 0.2) is 29.2 Å². The molecule has 0 saturated heterocycles. The summed E-state index contributed by atoms with van der Waals surface area (Å²) < 4.78 is 60.7. The molecule has 1 aromatic carbocycles. The molecule has 10 heteroatoms. The van der Waals surface area contributed by atoms with Crippen LogP contribution < -0.4 is 71.7 Å². The van der Waals surface area contributed by atoms with Gasteiger partial charge in [-0.3, -0.25) is 0 Å². The van der Waals surface area contributed by atoms with Crippen LogP contribution in [0.5, 0.6) is 0 Å². The molecule has 0 aliphatic rings. The summed E-state index contributed by atoms with van der Waals surface area (Å²) in [5, 5.41) is 0. The molecule has 78 valence electrons. The number of benzene rings is 1. The van der Waals surface area contributed by atoms with Gasteiger partial charge in [0.05, 0.1) is 0 Å². The summed E-state index contributed by atoms with van der Waals surface area (Å²) in [5.74, 6) is 0. The van der Waals surface area contributed by atoms with E-state index >= 15 is 0 Å². The Balaban J connectivity index is 0. The molecule has 16 heavy (non-hydrogen) atoms. The molecule has 0 atom stereocenters. The van der Waals surface area contributed by atoms with Crippen LogP contribution in [-0.2, 0) is 13.9 Å². The number of hydrogen-bond donors (Lipinski definition) is 1. The van der Waals surface area contributed by atoms with E-state index in [4.69, 9.17) is 4.55 Å². The molecule has 0 radical (unpaired) electrons. The monoisotopic (exact) mass is 326 g/mol. The van der Waals surface area contributed by atoms with E-state index < -0.39 is 33.5 Å². The van der Waals surface area contributed by atoms with Gasteiger partial charge in [0.1, 0.15) is 0 Å². The van der Waals surface area contributed by atoms with Crippen molar-refractivity contribution < 1.29 is 84.0 Å². The van der Waals surface area contributed by atoms with Gasteiger partial charge in [-0.1, -0.05) is 0 Å². The van der Waals surface area contributed by atoms with Crippen molar-refractivity contribution in [1.29, 1.82) is 0 Å². The molecule has 1 rings (SSSR count). The van der Waals surface area contributed by atoms with Gasteiger partial charge in [-0.15, -0.1) is 0 Å². The van der Waals surface area contributed by atoms with Gasteiger partial charge >= 0.3 is 142 Å². The predicted octanol–water partition coefficient (Wildman–Crippen LogP) is -8.76. The van der Waals surface area contributed by atoms with Crippen molar-refractivity contribution in [2.75, 3.05) is 0 Å². The largest absolute Gasteiger partial charge is 1.00 e. The van der Waals surface area contributed by atoms with Crippen molar-refractivity contribution >= 4 is 28.6 Å². The maximum Gasteiger partial charge on any atom is 1.00 e. The van der Waals surface area contributed by atoms with Crippen molar-refractivity contribution in [3.63, 3.8) is 0 Å². The van der Waals surface area contributed by atoms with Crippen LogP contribution >= 0.6 is 0 Å². The van der Waals surface area contributed by atoms with Gasteiger partial charge in [0.2, 0.25) is 0 Å². The average Bonchev–Trinajstić information content (AvgIpc) is 2.01. The zero-order valence-electron chi connectivity index (χ0n) is 8.65. The molecule has 0 fully saturated rings. The van der Waals surface area contributed by atoms with Crippen LogP contribution in [0.25, 0.3) is 0 Å². The summed E-state index contributed by atoms with van der Waals surface area (Å²) in [5.41, 5.74) is 0. The van der Waals surface area contributed by atoms with E-state index in [1.807, 2.05) is 0 Å². The average molecular weight is 326 g/mol. The fraction of sp³-hybridized carbons (Fsp3) is 0. The predicted molar refractivity (Wildman–Crippen MR) is 42.3 cm³/mol. The van der Waals surface area contributed by atoms with Crippen LogP contribution in [0, 0.1) is 0 Å². The van der Waals surface area contributed by atoms with Gasteiger partial charge in [-0.05, 0) is 0 Å². The molecule has 0 aliphatic carbocycles. The van der Waals surface area contributed by atoms with Crippen LogP contribution in [0.1, 0.15) is 0 Å². The summed E-state index contributed by atoms with van der Waals surface area (Å²) >= 11 is -5.47. The quantitative estimate of drug-likeness (QED) is 0.426. The third kappa shape index (κ3) is 5.84. The molecule has 0 spiro atoms. The maximum atomic E-state index is 10.5. The maximum absolute atomic E-state index is 10.5. The normalized spacial score (nSPS) is 11.2. The van der Waals surface area contributed by atoms with E-state index in [0.29, 0.717) is 0 Å². The zero-order valence-corrected chi connectivity index (χ0v) is 15.3. The fourth-order valence-electron chi connectivity index (χ4n) is 0.801. The van der Waals surface area contributed by atoms with Crippen molar-refractivity contribution in [1.82, 2.24) is 0 Å². The third-order valence-electron chi connectivity index (χ3n) is 1.45. The van der Waals surface area contributed by atoms with E-state index in [0.717, 1.165) is 24.3 Å². The van der Waals surface area contributed by atoms with Gasteiger partial charge in [0, 0.05) is 0 Å². The first-order valence-corrected chi connectivity index (χ1v) is 7.99.